The number of hydrogen-bond donors (Lipinski definition) is 1. The molecule has 4 rings (SSSR count). The zero-order valence-electron chi connectivity index (χ0n) is 18.6. The number of imide groups is 1. The fraction of sp³-hybridized carbons (Fsp3) is 0.0800. The molecule has 1 aliphatic heterocycles. The van der Waals surface area contributed by atoms with Crippen LogP contribution in [0.15, 0.2) is 65.6 Å². The highest BCUT2D eigenvalue weighted by atomic mass is 127. The molecular weight excluding hydrogens is 622 g/mol. The second kappa shape index (κ2) is 11.3. The first-order valence-corrected chi connectivity index (χ1v) is 12.6. The Bertz CT molecular complexity index is 1370. The van der Waals surface area contributed by atoms with Gasteiger partial charge in [-0.2, -0.15) is 0 Å². The second-order valence-electron chi connectivity index (χ2n) is 7.37. The number of halogens is 3. The summed E-state index contributed by atoms with van der Waals surface area (Å²) in [4.78, 5) is 39.0. The van der Waals surface area contributed by atoms with Gasteiger partial charge in [-0.05, 0) is 107 Å². The summed E-state index contributed by atoms with van der Waals surface area (Å²) < 4.78 is 24.8. The van der Waals surface area contributed by atoms with E-state index in [9.17, 15) is 18.8 Å². The number of methoxy groups -OCH3 is 1. The van der Waals surface area contributed by atoms with Gasteiger partial charge in [0, 0.05) is 10.7 Å². The van der Waals surface area contributed by atoms with Gasteiger partial charge < -0.3 is 14.8 Å². The quantitative estimate of drug-likeness (QED) is 0.240. The fourth-order valence-corrected chi connectivity index (χ4v) is 5.01. The van der Waals surface area contributed by atoms with Gasteiger partial charge in [0.2, 0.25) is 0 Å². The zero-order valence-corrected chi connectivity index (χ0v) is 22.3. The number of nitrogens with zero attached hydrogens (tertiary/aromatic N) is 1. The van der Waals surface area contributed by atoms with Gasteiger partial charge >= 0.3 is 0 Å². The monoisotopic (exact) mass is 638 g/mol. The van der Waals surface area contributed by atoms with Crippen molar-refractivity contribution < 1.29 is 28.2 Å². The lowest BCUT2D eigenvalue weighted by Crippen LogP contribution is -2.27. The molecule has 11 heteroatoms. The van der Waals surface area contributed by atoms with Gasteiger partial charge in [-0.1, -0.05) is 11.6 Å². The summed E-state index contributed by atoms with van der Waals surface area (Å²) in [5.74, 6) is -0.588. The number of anilines is 2. The molecule has 184 valence electrons. The lowest BCUT2D eigenvalue weighted by Gasteiger charge is -2.14. The highest BCUT2D eigenvalue weighted by Gasteiger charge is 2.36. The van der Waals surface area contributed by atoms with E-state index in [0.717, 1.165) is 16.7 Å². The van der Waals surface area contributed by atoms with E-state index in [1.807, 2.05) is 22.6 Å². The Balaban J connectivity index is 1.49. The third-order valence-electron chi connectivity index (χ3n) is 4.90. The molecule has 3 amide bonds. The number of amides is 3. The van der Waals surface area contributed by atoms with E-state index in [4.69, 9.17) is 21.1 Å². The molecule has 1 saturated heterocycles. The molecule has 0 aliphatic carbocycles. The van der Waals surface area contributed by atoms with Crippen molar-refractivity contribution in [2.75, 3.05) is 23.9 Å². The average Bonchev–Trinajstić information content (AvgIpc) is 3.12. The van der Waals surface area contributed by atoms with Crippen molar-refractivity contribution in [3.63, 3.8) is 0 Å². The third-order valence-corrected chi connectivity index (χ3v) is 6.83. The summed E-state index contributed by atoms with van der Waals surface area (Å²) in [5, 5.41) is 2.70. The van der Waals surface area contributed by atoms with Gasteiger partial charge in [-0.25, -0.2) is 9.29 Å². The maximum absolute atomic E-state index is 13.0. The Morgan fingerprint density at radius 2 is 1.83 bits per heavy atom. The van der Waals surface area contributed by atoms with Crippen LogP contribution in [0.5, 0.6) is 11.5 Å². The van der Waals surface area contributed by atoms with Crippen molar-refractivity contribution in [2.45, 2.75) is 0 Å². The first kappa shape index (κ1) is 26.0. The Labute approximate surface area is 228 Å². The van der Waals surface area contributed by atoms with Gasteiger partial charge in [0.1, 0.15) is 5.82 Å². The van der Waals surface area contributed by atoms with Gasteiger partial charge in [0.15, 0.2) is 18.1 Å². The van der Waals surface area contributed by atoms with E-state index in [2.05, 4.69) is 5.32 Å². The summed E-state index contributed by atoms with van der Waals surface area (Å²) in [6.07, 6.45) is 1.59. The van der Waals surface area contributed by atoms with Gasteiger partial charge in [-0.15, -0.1) is 0 Å². The first-order valence-electron chi connectivity index (χ1n) is 10.3. The molecule has 0 unspecified atom stereocenters. The zero-order chi connectivity index (χ0) is 25.8. The van der Waals surface area contributed by atoms with Crippen molar-refractivity contribution in [1.82, 2.24) is 0 Å². The fourth-order valence-electron chi connectivity index (χ4n) is 3.26. The maximum Gasteiger partial charge on any atom is 0.298 e. The van der Waals surface area contributed by atoms with E-state index in [-0.39, 0.29) is 11.5 Å². The largest absolute Gasteiger partial charge is 0.493 e. The van der Waals surface area contributed by atoms with Crippen LogP contribution in [-0.4, -0.2) is 30.8 Å². The number of thioether (sulfide) groups is 1. The van der Waals surface area contributed by atoms with Crippen LogP contribution in [0.1, 0.15) is 5.56 Å². The van der Waals surface area contributed by atoms with Crippen LogP contribution in [0.3, 0.4) is 0 Å². The Kier molecular flexibility index (Phi) is 8.17. The number of carbonyl (C=O) groups excluding carboxylic acids is 3. The lowest BCUT2D eigenvalue weighted by atomic mass is 10.1. The van der Waals surface area contributed by atoms with E-state index >= 15 is 0 Å². The summed E-state index contributed by atoms with van der Waals surface area (Å²) in [7, 11) is 1.45. The Hall–Kier alpha value is -3.09. The predicted octanol–water partition coefficient (Wildman–Crippen LogP) is 6.35. The molecule has 1 N–H and O–H groups in total. The molecular formula is C25H17ClFIN2O5S. The lowest BCUT2D eigenvalue weighted by molar-refractivity contribution is -0.118. The van der Waals surface area contributed by atoms with Crippen LogP contribution in [0.4, 0.5) is 20.6 Å². The highest BCUT2D eigenvalue weighted by molar-refractivity contribution is 14.1. The van der Waals surface area contributed by atoms with Gasteiger partial charge in [-0.3, -0.25) is 14.4 Å². The number of hydrogen-bond acceptors (Lipinski definition) is 6. The van der Waals surface area contributed by atoms with Crippen molar-refractivity contribution in [3.8, 4) is 11.5 Å². The van der Waals surface area contributed by atoms with E-state index in [0.29, 0.717) is 37.0 Å². The van der Waals surface area contributed by atoms with Crippen molar-refractivity contribution in [1.29, 1.82) is 0 Å². The van der Waals surface area contributed by atoms with Gasteiger partial charge in [0.25, 0.3) is 17.1 Å². The van der Waals surface area contributed by atoms with Crippen molar-refractivity contribution in [2.24, 2.45) is 0 Å². The minimum atomic E-state index is -0.445. The van der Waals surface area contributed by atoms with Crippen molar-refractivity contribution in [3.05, 3.63) is 85.5 Å². The minimum Gasteiger partial charge on any atom is -0.493 e. The molecule has 3 aromatic carbocycles. The van der Waals surface area contributed by atoms with E-state index in [1.54, 1.807) is 42.5 Å². The molecule has 0 spiro atoms. The molecule has 0 radical (unpaired) electrons. The average molecular weight is 639 g/mol. The summed E-state index contributed by atoms with van der Waals surface area (Å²) in [5.41, 5.74) is 1.48. The van der Waals surface area contributed by atoms with Crippen LogP contribution in [0.25, 0.3) is 6.08 Å². The van der Waals surface area contributed by atoms with E-state index in [1.165, 1.54) is 31.4 Å². The third kappa shape index (κ3) is 6.00. The normalized spacial score (nSPS) is 14.3. The van der Waals surface area contributed by atoms with Crippen LogP contribution in [0.2, 0.25) is 5.02 Å². The maximum atomic E-state index is 13.0. The smallest absolute Gasteiger partial charge is 0.298 e. The molecule has 0 atom stereocenters. The van der Waals surface area contributed by atoms with Crippen LogP contribution in [-0.2, 0) is 9.59 Å². The van der Waals surface area contributed by atoms with Crippen LogP contribution < -0.4 is 19.7 Å². The molecule has 0 saturated carbocycles. The molecule has 3 aromatic rings. The SMILES string of the molecule is COc1cc(/C=C2/SC(=O)N(c3ccc(Cl)cc3)C2=O)cc(I)c1OCC(=O)Nc1ccc(F)cc1. The molecule has 1 fully saturated rings. The molecule has 0 bridgehead atoms. The number of ether oxygens (including phenoxy) is 2. The highest BCUT2D eigenvalue weighted by Crippen LogP contribution is 2.39. The van der Waals surface area contributed by atoms with E-state index < -0.39 is 22.9 Å². The summed E-state index contributed by atoms with van der Waals surface area (Å²) in [6, 6.07) is 15.2. The Morgan fingerprint density at radius 3 is 2.50 bits per heavy atom. The van der Waals surface area contributed by atoms with Crippen molar-refractivity contribution >= 4 is 80.5 Å². The molecule has 1 heterocycles. The van der Waals surface area contributed by atoms with Crippen LogP contribution in [0, 0.1) is 9.39 Å². The molecule has 7 nitrogen and oxygen atoms in total. The molecule has 0 aromatic heterocycles. The summed E-state index contributed by atoms with van der Waals surface area (Å²) >= 11 is 8.76. The second-order valence-corrected chi connectivity index (χ2v) is 9.96. The van der Waals surface area contributed by atoms with Crippen LogP contribution >= 0.6 is 46.0 Å². The number of benzene rings is 3. The number of carbonyl (C=O) groups is 3. The minimum absolute atomic E-state index is 0.250. The number of nitrogens with one attached hydrogen (secondary N) is 1. The predicted molar refractivity (Wildman–Crippen MR) is 146 cm³/mol. The Morgan fingerprint density at radius 1 is 1.14 bits per heavy atom. The summed E-state index contributed by atoms with van der Waals surface area (Å²) in [6.45, 7) is -0.303. The molecule has 1 aliphatic rings. The topological polar surface area (TPSA) is 84.9 Å². The molecule has 36 heavy (non-hydrogen) atoms. The number of rotatable bonds is 7. The standard InChI is InChI=1S/C25H17ClFIN2O5S/c1-34-20-11-14(12-21-24(32)30(25(33)36-21)18-8-2-15(26)3-9-18)10-19(28)23(20)35-13-22(31)29-17-6-4-16(27)5-7-17/h2-12H,13H2,1H3,(H,29,31)/b21-12+. The van der Waals surface area contributed by atoms with Gasteiger partial charge in [0.05, 0.1) is 21.3 Å². The first-order chi connectivity index (χ1) is 17.2.